The highest BCUT2D eigenvalue weighted by Gasteiger charge is 2.13. The topological polar surface area (TPSA) is 56.3 Å². The predicted molar refractivity (Wildman–Crippen MR) is 84.8 cm³/mol. The molecular weight excluding hydrogens is 286 g/mol. The SMILES string of the molecule is CNc1nc(Oc2ccc(C)cc2OC)c2ccsc2n1. The number of rotatable bonds is 4. The molecule has 0 aliphatic heterocycles. The number of nitrogens with one attached hydrogen (secondary N) is 1. The quantitative estimate of drug-likeness (QED) is 0.793. The van der Waals surface area contributed by atoms with Crippen LogP contribution in [0, 0.1) is 6.92 Å². The monoisotopic (exact) mass is 301 g/mol. The molecule has 0 amide bonds. The normalized spacial score (nSPS) is 10.6. The number of nitrogens with zero attached hydrogens (tertiary/aromatic N) is 2. The Morgan fingerprint density at radius 3 is 2.76 bits per heavy atom. The van der Waals surface area contributed by atoms with Crippen LogP contribution in [-0.4, -0.2) is 24.1 Å². The molecule has 0 unspecified atom stereocenters. The van der Waals surface area contributed by atoms with Crippen LogP contribution in [0.2, 0.25) is 0 Å². The van der Waals surface area contributed by atoms with Crippen molar-refractivity contribution < 1.29 is 9.47 Å². The molecule has 0 fully saturated rings. The fraction of sp³-hybridized carbons (Fsp3) is 0.200. The van der Waals surface area contributed by atoms with E-state index in [0.717, 1.165) is 15.8 Å². The van der Waals surface area contributed by atoms with Crippen molar-refractivity contribution in [1.29, 1.82) is 0 Å². The number of hydrogen-bond acceptors (Lipinski definition) is 6. The standard InChI is InChI=1S/C15H15N3O2S/c1-9-4-5-11(12(8-9)19-3)20-13-10-6-7-21-14(10)18-15(16-2)17-13/h4-8H,1-3H3,(H,16,17,18). The van der Waals surface area contributed by atoms with Crippen molar-refractivity contribution in [2.24, 2.45) is 0 Å². The lowest BCUT2D eigenvalue weighted by molar-refractivity contribution is 0.375. The summed E-state index contributed by atoms with van der Waals surface area (Å²) in [5, 5.41) is 5.81. The number of fused-ring (bicyclic) bond motifs is 1. The van der Waals surface area contributed by atoms with Crippen molar-refractivity contribution in [1.82, 2.24) is 9.97 Å². The minimum absolute atomic E-state index is 0.521. The summed E-state index contributed by atoms with van der Waals surface area (Å²) in [7, 11) is 3.41. The fourth-order valence-electron chi connectivity index (χ4n) is 1.98. The number of ether oxygens (including phenoxy) is 2. The molecule has 1 N–H and O–H groups in total. The van der Waals surface area contributed by atoms with E-state index in [1.807, 2.05) is 36.6 Å². The Hall–Kier alpha value is -2.34. The summed E-state index contributed by atoms with van der Waals surface area (Å²) in [6, 6.07) is 7.74. The van der Waals surface area contributed by atoms with E-state index >= 15 is 0 Å². The summed E-state index contributed by atoms with van der Waals surface area (Å²) in [4.78, 5) is 9.67. The van der Waals surface area contributed by atoms with E-state index in [-0.39, 0.29) is 0 Å². The van der Waals surface area contributed by atoms with Crippen molar-refractivity contribution in [2.45, 2.75) is 6.92 Å². The highest BCUT2D eigenvalue weighted by Crippen LogP contribution is 2.36. The van der Waals surface area contributed by atoms with Crippen molar-refractivity contribution in [3.63, 3.8) is 0 Å². The van der Waals surface area contributed by atoms with Crippen LogP contribution in [0.5, 0.6) is 17.4 Å². The van der Waals surface area contributed by atoms with Gasteiger partial charge < -0.3 is 14.8 Å². The first-order valence-electron chi connectivity index (χ1n) is 6.46. The van der Waals surface area contributed by atoms with E-state index in [1.54, 1.807) is 25.5 Å². The van der Waals surface area contributed by atoms with Crippen LogP contribution in [0.25, 0.3) is 10.2 Å². The molecule has 0 spiro atoms. The lowest BCUT2D eigenvalue weighted by Gasteiger charge is -2.11. The molecule has 2 heterocycles. The number of aryl methyl sites for hydroxylation is 1. The van der Waals surface area contributed by atoms with Gasteiger partial charge in [-0.25, -0.2) is 4.98 Å². The van der Waals surface area contributed by atoms with Crippen LogP contribution in [-0.2, 0) is 0 Å². The fourth-order valence-corrected chi connectivity index (χ4v) is 2.74. The zero-order chi connectivity index (χ0) is 14.8. The van der Waals surface area contributed by atoms with Crippen LogP contribution >= 0.6 is 11.3 Å². The summed E-state index contributed by atoms with van der Waals surface area (Å²) in [5.74, 6) is 2.37. The summed E-state index contributed by atoms with van der Waals surface area (Å²) < 4.78 is 11.3. The van der Waals surface area contributed by atoms with Gasteiger partial charge in [-0.2, -0.15) is 4.98 Å². The van der Waals surface area contributed by atoms with E-state index in [0.29, 0.717) is 23.3 Å². The Morgan fingerprint density at radius 2 is 2.00 bits per heavy atom. The Labute approximate surface area is 126 Å². The van der Waals surface area contributed by atoms with E-state index in [9.17, 15) is 0 Å². The number of hydrogen-bond donors (Lipinski definition) is 1. The van der Waals surface area contributed by atoms with Crippen LogP contribution < -0.4 is 14.8 Å². The molecule has 5 nitrogen and oxygen atoms in total. The number of aromatic nitrogens is 2. The third-order valence-corrected chi connectivity index (χ3v) is 3.85. The second kappa shape index (κ2) is 5.57. The maximum atomic E-state index is 5.96. The first-order chi connectivity index (χ1) is 10.2. The molecule has 3 aromatic rings. The maximum absolute atomic E-state index is 5.96. The highest BCUT2D eigenvalue weighted by molar-refractivity contribution is 7.16. The van der Waals surface area contributed by atoms with Gasteiger partial charge in [-0.15, -0.1) is 11.3 Å². The van der Waals surface area contributed by atoms with Crippen LogP contribution in [0.3, 0.4) is 0 Å². The van der Waals surface area contributed by atoms with Gasteiger partial charge in [0.1, 0.15) is 4.83 Å². The van der Waals surface area contributed by atoms with Gasteiger partial charge in [0.2, 0.25) is 11.8 Å². The van der Waals surface area contributed by atoms with E-state index in [1.165, 1.54) is 0 Å². The molecule has 6 heteroatoms. The van der Waals surface area contributed by atoms with Gasteiger partial charge in [-0.3, -0.25) is 0 Å². The maximum Gasteiger partial charge on any atom is 0.233 e. The summed E-state index contributed by atoms with van der Waals surface area (Å²) >= 11 is 1.55. The number of methoxy groups -OCH3 is 1. The molecule has 0 saturated heterocycles. The highest BCUT2D eigenvalue weighted by atomic mass is 32.1. The molecule has 3 rings (SSSR count). The lowest BCUT2D eigenvalue weighted by atomic mass is 10.2. The lowest BCUT2D eigenvalue weighted by Crippen LogP contribution is -1.99. The van der Waals surface area contributed by atoms with Crippen molar-refractivity contribution in [3.8, 4) is 17.4 Å². The largest absolute Gasteiger partial charge is 0.493 e. The smallest absolute Gasteiger partial charge is 0.233 e. The van der Waals surface area contributed by atoms with Gasteiger partial charge >= 0.3 is 0 Å². The van der Waals surface area contributed by atoms with Gasteiger partial charge in [-0.1, -0.05) is 6.07 Å². The first-order valence-corrected chi connectivity index (χ1v) is 7.34. The average Bonchev–Trinajstić information content (AvgIpc) is 2.97. The van der Waals surface area contributed by atoms with Gasteiger partial charge in [0.05, 0.1) is 12.5 Å². The van der Waals surface area contributed by atoms with Crippen LogP contribution in [0.15, 0.2) is 29.6 Å². The zero-order valence-corrected chi connectivity index (χ0v) is 12.8. The minimum atomic E-state index is 0.521. The molecule has 0 atom stereocenters. The molecule has 21 heavy (non-hydrogen) atoms. The van der Waals surface area contributed by atoms with Gasteiger partial charge in [0.15, 0.2) is 11.5 Å². The number of benzene rings is 1. The molecular formula is C15H15N3O2S. The molecule has 0 saturated carbocycles. The Kier molecular flexibility index (Phi) is 3.62. The van der Waals surface area contributed by atoms with Crippen molar-refractivity contribution in [3.05, 3.63) is 35.2 Å². The third-order valence-electron chi connectivity index (χ3n) is 3.04. The Bertz CT molecular complexity index is 786. The van der Waals surface area contributed by atoms with E-state index in [4.69, 9.17) is 9.47 Å². The molecule has 0 aliphatic rings. The summed E-state index contributed by atoms with van der Waals surface area (Å²) in [6.45, 7) is 2.01. The van der Waals surface area contributed by atoms with Gasteiger partial charge in [0, 0.05) is 7.05 Å². The molecule has 1 aromatic carbocycles. The number of thiophene rings is 1. The van der Waals surface area contributed by atoms with Crippen LogP contribution in [0.4, 0.5) is 5.95 Å². The Balaban J connectivity index is 2.07. The van der Waals surface area contributed by atoms with E-state index < -0.39 is 0 Å². The van der Waals surface area contributed by atoms with Gasteiger partial charge in [0.25, 0.3) is 0 Å². The predicted octanol–water partition coefficient (Wildman–Crippen LogP) is 3.84. The average molecular weight is 301 g/mol. The van der Waals surface area contributed by atoms with Crippen molar-refractivity contribution in [2.75, 3.05) is 19.5 Å². The molecule has 0 bridgehead atoms. The Morgan fingerprint density at radius 1 is 1.14 bits per heavy atom. The van der Waals surface area contributed by atoms with Gasteiger partial charge in [-0.05, 0) is 36.1 Å². The zero-order valence-electron chi connectivity index (χ0n) is 12.0. The third kappa shape index (κ3) is 2.62. The molecule has 2 aromatic heterocycles. The van der Waals surface area contributed by atoms with Crippen molar-refractivity contribution >= 4 is 27.5 Å². The second-order valence-electron chi connectivity index (χ2n) is 4.50. The van der Waals surface area contributed by atoms with Crippen LogP contribution in [0.1, 0.15) is 5.56 Å². The summed E-state index contributed by atoms with van der Waals surface area (Å²) in [6.07, 6.45) is 0. The second-order valence-corrected chi connectivity index (χ2v) is 5.39. The molecule has 108 valence electrons. The summed E-state index contributed by atoms with van der Waals surface area (Å²) in [5.41, 5.74) is 1.11. The number of anilines is 1. The molecule has 0 aliphatic carbocycles. The van der Waals surface area contributed by atoms with E-state index in [2.05, 4.69) is 15.3 Å². The minimum Gasteiger partial charge on any atom is -0.493 e. The molecule has 0 radical (unpaired) electrons. The first kappa shape index (κ1) is 13.6.